The van der Waals surface area contributed by atoms with Gasteiger partial charge in [0.15, 0.2) is 0 Å². The summed E-state index contributed by atoms with van der Waals surface area (Å²) in [6.07, 6.45) is 0. The van der Waals surface area contributed by atoms with E-state index in [0.29, 0.717) is 17.1 Å². The fourth-order valence-electron chi connectivity index (χ4n) is 2.37. The second-order valence-electron chi connectivity index (χ2n) is 6.37. The highest BCUT2D eigenvalue weighted by atomic mass is 32.2. The summed E-state index contributed by atoms with van der Waals surface area (Å²) in [5.74, 6) is 0.116. The van der Waals surface area contributed by atoms with Crippen molar-refractivity contribution in [3.63, 3.8) is 0 Å². The Balaban J connectivity index is 2.23. The number of hydrogen-bond acceptors (Lipinski definition) is 4. The van der Waals surface area contributed by atoms with Crippen LogP contribution in [-0.4, -0.2) is 27.2 Å². The van der Waals surface area contributed by atoms with Crippen LogP contribution in [0.1, 0.15) is 26.3 Å². The Morgan fingerprint density at radius 1 is 1.12 bits per heavy atom. The fraction of sp³-hybridized carbons (Fsp3) is 0.316. The van der Waals surface area contributed by atoms with Gasteiger partial charge in [0.2, 0.25) is 15.9 Å². The average molecular weight is 376 g/mol. The Hall–Kier alpha value is -2.54. The molecule has 0 spiro atoms. The van der Waals surface area contributed by atoms with Gasteiger partial charge in [0.25, 0.3) is 0 Å². The molecule has 0 saturated carbocycles. The number of benzene rings is 2. The zero-order valence-electron chi connectivity index (χ0n) is 15.4. The summed E-state index contributed by atoms with van der Waals surface area (Å²) in [4.78, 5) is 12.7. The van der Waals surface area contributed by atoms with E-state index in [0.717, 1.165) is 5.56 Å². The van der Waals surface area contributed by atoms with Gasteiger partial charge in [0.1, 0.15) is 5.75 Å². The van der Waals surface area contributed by atoms with Crippen molar-refractivity contribution in [1.82, 2.24) is 0 Å². The van der Waals surface area contributed by atoms with Crippen molar-refractivity contribution in [1.29, 1.82) is 0 Å². The predicted octanol–water partition coefficient (Wildman–Crippen LogP) is 3.37. The summed E-state index contributed by atoms with van der Waals surface area (Å²) in [6.45, 7) is 5.24. The number of rotatable bonds is 7. The average Bonchev–Trinajstić information content (AvgIpc) is 2.63. The Morgan fingerprint density at radius 3 is 2.35 bits per heavy atom. The number of ether oxygens (including phenoxy) is 1. The van der Waals surface area contributed by atoms with Gasteiger partial charge in [-0.2, -0.15) is 0 Å². The number of carbonyl (C=O) groups excluding carboxylic acids is 1. The Kier molecular flexibility index (Phi) is 5.92. The van der Waals surface area contributed by atoms with E-state index in [4.69, 9.17) is 4.74 Å². The topological polar surface area (TPSA) is 84.5 Å². The molecule has 0 aliphatic carbocycles. The normalized spacial score (nSPS) is 11.7. The summed E-state index contributed by atoms with van der Waals surface area (Å²) in [6, 6.07) is 14.3. The minimum atomic E-state index is -3.42. The summed E-state index contributed by atoms with van der Waals surface area (Å²) in [7, 11) is -1.97. The first-order valence-electron chi connectivity index (χ1n) is 8.25. The lowest BCUT2D eigenvalue weighted by Gasteiger charge is -2.24. The van der Waals surface area contributed by atoms with Gasteiger partial charge in [-0.25, -0.2) is 8.42 Å². The molecule has 0 unspecified atom stereocenters. The number of amides is 1. The lowest BCUT2D eigenvalue weighted by molar-refractivity contribution is -0.120. The molecule has 0 aliphatic heterocycles. The van der Waals surface area contributed by atoms with Crippen LogP contribution in [0.4, 0.5) is 11.4 Å². The standard InChI is InChI=1S/C19H24N2O4S/c1-5-26(23,24)21-16-12-11-15(13-17(16)25-4)20-18(22)19(2,3)14-9-7-6-8-10-14/h6-13,21H,5H2,1-4H3,(H,20,22). The third kappa shape index (κ3) is 4.54. The number of hydrogen-bond donors (Lipinski definition) is 2. The van der Waals surface area contributed by atoms with Crippen molar-refractivity contribution in [2.75, 3.05) is 22.9 Å². The van der Waals surface area contributed by atoms with Gasteiger partial charge in [0, 0.05) is 11.8 Å². The molecule has 2 N–H and O–H groups in total. The van der Waals surface area contributed by atoms with Crippen molar-refractivity contribution in [2.45, 2.75) is 26.2 Å². The molecule has 0 heterocycles. The Bertz CT molecular complexity index is 878. The quantitative estimate of drug-likeness (QED) is 0.776. The van der Waals surface area contributed by atoms with E-state index in [9.17, 15) is 13.2 Å². The highest BCUT2D eigenvalue weighted by Crippen LogP contribution is 2.30. The molecule has 2 rings (SSSR count). The summed E-state index contributed by atoms with van der Waals surface area (Å²) in [5, 5.41) is 2.86. The second kappa shape index (κ2) is 7.78. The van der Waals surface area contributed by atoms with Crippen LogP contribution in [0, 0.1) is 0 Å². The van der Waals surface area contributed by atoms with Gasteiger partial charge in [-0.05, 0) is 38.5 Å². The largest absolute Gasteiger partial charge is 0.494 e. The first-order chi connectivity index (χ1) is 12.2. The van der Waals surface area contributed by atoms with Crippen LogP contribution in [0.3, 0.4) is 0 Å². The van der Waals surface area contributed by atoms with Gasteiger partial charge in [-0.1, -0.05) is 30.3 Å². The molecule has 0 fully saturated rings. The minimum Gasteiger partial charge on any atom is -0.494 e. The van der Waals surface area contributed by atoms with E-state index in [1.807, 2.05) is 44.2 Å². The van der Waals surface area contributed by atoms with E-state index in [1.165, 1.54) is 7.11 Å². The maximum atomic E-state index is 12.7. The Labute approximate surface area is 154 Å². The zero-order chi connectivity index (χ0) is 19.4. The van der Waals surface area contributed by atoms with Gasteiger partial charge >= 0.3 is 0 Å². The predicted molar refractivity (Wildman–Crippen MR) is 104 cm³/mol. The third-order valence-corrected chi connectivity index (χ3v) is 5.46. The van der Waals surface area contributed by atoms with E-state index >= 15 is 0 Å². The minimum absolute atomic E-state index is 0.0418. The molecule has 0 radical (unpaired) electrons. The van der Waals surface area contributed by atoms with Crippen molar-refractivity contribution < 1.29 is 17.9 Å². The van der Waals surface area contributed by atoms with E-state index in [-0.39, 0.29) is 11.7 Å². The van der Waals surface area contributed by atoms with Crippen molar-refractivity contribution in [2.24, 2.45) is 0 Å². The van der Waals surface area contributed by atoms with Crippen LogP contribution < -0.4 is 14.8 Å². The second-order valence-corrected chi connectivity index (χ2v) is 8.38. The van der Waals surface area contributed by atoms with Crippen LogP contribution in [0.2, 0.25) is 0 Å². The SMILES string of the molecule is CCS(=O)(=O)Nc1ccc(NC(=O)C(C)(C)c2ccccc2)cc1OC. The summed E-state index contributed by atoms with van der Waals surface area (Å²) in [5.41, 5.74) is 1.03. The highest BCUT2D eigenvalue weighted by Gasteiger charge is 2.29. The molecule has 2 aromatic rings. The number of methoxy groups -OCH3 is 1. The maximum absolute atomic E-state index is 12.7. The number of anilines is 2. The smallest absolute Gasteiger partial charge is 0.234 e. The van der Waals surface area contributed by atoms with Crippen LogP contribution in [0.25, 0.3) is 0 Å². The van der Waals surface area contributed by atoms with E-state index in [1.54, 1.807) is 25.1 Å². The molecule has 26 heavy (non-hydrogen) atoms. The van der Waals surface area contributed by atoms with Crippen LogP contribution in [0.5, 0.6) is 5.75 Å². The van der Waals surface area contributed by atoms with E-state index in [2.05, 4.69) is 10.0 Å². The summed E-state index contributed by atoms with van der Waals surface area (Å²) < 4.78 is 31.2. The third-order valence-electron chi connectivity index (χ3n) is 4.17. The molecular weight excluding hydrogens is 352 g/mol. The first-order valence-corrected chi connectivity index (χ1v) is 9.90. The van der Waals surface area contributed by atoms with Gasteiger partial charge < -0.3 is 10.1 Å². The maximum Gasteiger partial charge on any atom is 0.234 e. The Morgan fingerprint density at radius 2 is 1.77 bits per heavy atom. The molecule has 0 atom stereocenters. The molecule has 0 aliphatic rings. The lowest BCUT2D eigenvalue weighted by Crippen LogP contribution is -2.34. The lowest BCUT2D eigenvalue weighted by atomic mass is 9.83. The molecule has 6 nitrogen and oxygen atoms in total. The van der Waals surface area contributed by atoms with Crippen LogP contribution in [-0.2, 0) is 20.2 Å². The zero-order valence-corrected chi connectivity index (χ0v) is 16.2. The molecule has 0 saturated heterocycles. The molecule has 1 amide bonds. The van der Waals surface area contributed by atoms with Gasteiger partial charge in [-0.3, -0.25) is 9.52 Å². The number of nitrogens with one attached hydrogen (secondary N) is 2. The van der Waals surface area contributed by atoms with Gasteiger partial charge in [0.05, 0.1) is 24.0 Å². The molecule has 140 valence electrons. The number of sulfonamides is 1. The molecular formula is C19H24N2O4S. The van der Waals surface area contributed by atoms with Crippen molar-refractivity contribution in [3.05, 3.63) is 54.1 Å². The van der Waals surface area contributed by atoms with Crippen LogP contribution in [0.15, 0.2) is 48.5 Å². The first kappa shape index (κ1) is 19.8. The van der Waals surface area contributed by atoms with Gasteiger partial charge in [-0.15, -0.1) is 0 Å². The van der Waals surface area contributed by atoms with E-state index < -0.39 is 15.4 Å². The monoisotopic (exact) mass is 376 g/mol. The molecule has 0 aromatic heterocycles. The number of carbonyl (C=O) groups is 1. The highest BCUT2D eigenvalue weighted by molar-refractivity contribution is 7.92. The molecule has 2 aromatic carbocycles. The molecule has 7 heteroatoms. The van der Waals surface area contributed by atoms with Crippen LogP contribution >= 0.6 is 0 Å². The van der Waals surface area contributed by atoms with Crippen molar-refractivity contribution >= 4 is 27.3 Å². The summed E-state index contributed by atoms with van der Waals surface area (Å²) >= 11 is 0. The fourth-order valence-corrected chi connectivity index (χ4v) is 3.01. The molecule has 0 bridgehead atoms. The van der Waals surface area contributed by atoms with Crippen molar-refractivity contribution in [3.8, 4) is 5.75 Å².